The Kier molecular flexibility index (Phi) is 6.49. The van der Waals surface area contributed by atoms with Crippen LogP contribution in [-0.2, 0) is 9.59 Å². The molecular formula is C26H29NO5. The summed E-state index contributed by atoms with van der Waals surface area (Å²) >= 11 is 0. The van der Waals surface area contributed by atoms with E-state index >= 15 is 0 Å². The molecule has 2 fully saturated rings. The fourth-order valence-corrected chi connectivity index (χ4v) is 4.61. The molecule has 168 valence electrons. The van der Waals surface area contributed by atoms with Crippen LogP contribution in [0.25, 0.3) is 5.76 Å². The first-order valence-corrected chi connectivity index (χ1v) is 11.2. The molecule has 6 nitrogen and oxygen atoms in total. The summed E-state index contributed by atoms with van der Waals surface area (Å²) in [6, 6.07) is 13.7. The number of carbonyl (C=O) groups is 2. The Morgan fingerprint density at radius 1 is 1.00 bits per heavy atom. The van der Waals surface area contributed by atoms with Gasteiger partial charge in [-0.15, -0.1) is 0 Å². The number of benzene rings is 2. The second-order valence-corrected chi connectivity index (χ2v) is 8.29. The number of ketones is 1. The number of methoxy groups -OCH3 is 1. The molecule has 2 aromatic carbocycles. The first-order chi connectivity index (χ1) is 15.5. The van der Waals surface area contributed by atoms with Crippen molar-refractivity contribution >= 4 is 17.4 Å². The lowest BCUT2D eigenvalue weighted by atomic mass is 9.94. The van der Waals surface area contributed by atoms with Gasteiger partial charge < -0.3 is 19.5 Å². The summed E-state index contributed by atoms with van der Waals surface area (Å²) in [6.45, 7) is 2.67. The molecule has 1 aliphatic carbocycles. The van der Waals surface area contributed by atoms with E-state index in [2.05, 4.69) is 0 Å². The minimum Gasteiger partial charge on any atom is -0.507 e. The fraction of sp³-hybridized carbons (Fsp3) is 0.385. The molecule has 1 N–H and O–H groups in total. The zero-order valence-electron chi connectivity index (χ0n) is 18.5. The van der Waals surface area contributed by atoms with Crippen molar-refractivity contribution in [1.82, 2.24) is 4.90 Å². The number of nitrogens with zero attached hydrogens (tertiary/aromatic N) is 1. The lowest BCUT2D eigenvalue weighted by Crippen LogP contribution is -2.37. The summed E-state index contributed by atoms with van der Waals surface area (Å²) in [5.74, 6) is 0.0448. The summed E-state index contributed by atoms with van der Waals surface area (Å²) < 4.78 is 10.9. The maximum absolute atomic E-state index is 13.1. The standard InChI is InChI=1S/C26H29NO5/c1-3-16-32-21-14-8-17(9-15-21)23-22(24(28)18-10-12-20(31-2)13-11-18)25(29)26(30)27(23)19-6-4-5-7-19/h8-15,19,23,28H,3-7,16H2,1-2H3/b24-22-. The second kappa shape index (κ2) is 9.47. The summed E-state index contributed by atoms with van der Waals surface area (Å²) in [7, 11) is 1.57. The molecule has 2 aromatic rings. The average Bonchev–Trinajstić information content (AvgIpc) is 3.44. The van der Waals surface area contributed by atoms with E-state index < -0.39 is 17.7 Å². The van der Waals surface area contributed by atoms with E-state index in [0.29, 0.717) is 17.9 Å². The highest BCUT2D eigenvalue weighted by molar-refractivity contribution is 6.46. The third-order valence-corrected chi connectivity index (χ3v) is 6.23. The van der Waals surface area contributed by atoms with Crippen molar-refractivity contribution in [1.29, 1.82) is 0 Å². The molecule has 1 saturated heterocycles. The van der Waals surface area contributed by atoms with E-state index in [0.717, 1.165) is 43.4 Å². The number of Topliss-reactive ketones (excluding diaryl/α,β-unsaturated/α-hetero) is 1. The second-order valence-electron chi connectivity index (χ2n) is 8.29. The zero-order valence-corrected chi connectivity index (χ0v) is 18.5. The van der Waals surface area contributed by atoms with Crippen molar-refractivity contribution in [3.8, 4) is 11.5 Å². The van der Waals surface area contributed by atoms with Gasteiger partial charge in [0.1, 0.15) is 17.3 Å². The number of likely N-dealkylation sites (tertiary alicyclic amines) is 1. The highest BCUT2D eigenvalue weighted by Crippen LogP contribution is 2.43. The Labute approximate surface area is 188 Å². The Morgan fingerprint density at radius 3 is 2.22 bits per heavy atom. The molecule has 4 rings (SSSR count). The van der Waals surface area contributed by atoms with Gasteiger partial charge in [0, 0.05) is 11.6 Å². The van der Waals surface area contributed by atoms with E-state index in [1.807, 2.05) is 31.2 Å². The van der Waals surface area contributed by atoms with Crippen LogP contribution < -0.4 is 9.47 Å². The molecule has 2 aliphatic rings. The quantitative estimate of drug-likeness (QED) is 0.382. The van der Waals surface area contributed by atoms with Crippen LogP contribution in [0.3, 0.4) is 0 Å². The molecule has 32 heavy (non-hydrogen) atoms. The Hall–Kier alpha value is -3.28. The van der Waals surface area contributed by atoms with Gasteiger partial charge in [0.05, 0.1) is 25.3 Å². The number of ether oxygens (including phenoxy) is 2. The maximum atomic E-state index is 13.1. The van der Waals surface area contributed by atoms with Crippen molar-refractivity contribution in [3.63, 3.8) is 0 Å². The van der Waals surface area contributed by atoms with Crippen molar-refractivity contribution in [2.75, 3.05) is 13.7 Å². The number of hydrogen-bond acceptors (Lipinski definition) is 5. The number of carbonyl (C=O) groups excluding carboxylic acids is 2. The van der Waals surface area contributed by atoms with E-state index in [1.54, 1.807) is 36.3 Å². The van der Waals surface area contributed by atoms with Gasteiger partial charge in [-0.3, -0.25) is 9.59 Å². The van der Waals surface area contributed by atoms with Crippen LogP contribution >= 0.6 is 0 Å². The fourth-order valence-electron chi connectivity index (χ4n) is 4.61. The smallest absolute Gasteiger partial charge is 0.295 e. The number of amides is 1. The van der Waals surface area contributed by atoms with Gasteiger partial charge in [0.25, 0.3) is 11.7 Å². The van der Waals surface area contributed by atoms with Crippen LogP contribution in [0.2, 0.25) is 0 Å². The van der Waals surface area contributed by atoms with Crippen molar-refractivity contribution in [2.24, 2.45) is 0 Å². The molecule has 1 amide bonds. The van der Waals surface area contributed by atoms with Gasteiger partial charge in [-0.1, -0.05) is 31.9 Å². The molecule has 1 heterocycles. The van der Waals surface area contributed by atoms with Crippen molar-refractivity contribution in [3.05, 3.63) is 65.2 Å². The first kappa shape index (κ1) is 21.9. The zero-order chi connectivity index (χ0) is 22.7. The highest BCUT2D eigenvalue weighted by atomic mass is 16.5. The minimum absolute atomic E-state index is 0.00589. The maximum Gasteiger partial charge on any atom is 0.295 e. The van der Waals surface area contributed by atoms with E-state index in [1.165, 1.54) is 0 Å². The molecule has 1 aliphatic heterocycles. The topological polar surface area (TPSA) is 76.1 Å². The SMILES string of the molecule is CCCOc1ccc(C2/C(=C(/O)c3ccc(OC)cc3)C(=O)C(=O)N2C2CCCC2)cc1. The van der Waals surface area contributed by atoms with Crippen LogP contribution in [-0.4, -0.2) is 41.5 Å². The van der Waals surface area contributed by atoms with Crippen LogP contribution in [0.15, 0.2) is 54.1 Å². The molecule has 0 radical (unpaired) electrons. The van der Waals surface area contributed by atoms with Gasteiger partial charge in [0.15, 0.2) is 0 Å². The van der Waals surface area contributed by atoms with E-state index in [9.17, 15) is 14.7 Å². The van der Waals surface area contributed by atoms with Crippen LogP contribution in [0, 0.1) is 0 Å². The monoisotopic (exact) mass is 435 g/mol. The average molecular weight is 436 g/mol. The third kappa shape index (κ3) is 4.09. The minimum atomic E-state index is -0.637. The van der Waals surface area contributed by atoms with Crippen molar-refractivity contribution in [2.45, 2.75) is 51.1 Å². The largest absolute Gasteiger partial charge is 0.507 e. The molecule has 1 unspecified atom stereocenters. The Morgan fingerprint density at radius 2 is 1.62 bits per heavy atom. The Balaban J connectivity index is 1.78. The number of rotatable bonds is 7. The molecule has 0 spiro atoms. The summed E-state index contributed by atoms with van der Waals surface area (Å²) in [5, 5.41) is 11.1. The molecule has 0 bridgehead atoms. The first-order valence-electron chi connectivity index (χ1n) is 11.2. The molecule has 1 atom stereocenters. The van der Waals surface area contributed by atoms with Gasteiger partial charge in [-0.2, -0.15) is 0 Å². The van der Waals surface area contributed by atoms with Crippen LogP contribution in [0.1, 0.15) is 56.2 Å². The normalized spacial score (nSPS) is 20.7. The van der Waals surface area contributed by atoms with Crippen LogP contribution in [0.5, 0.6) is 11.5 Å². The van der Waals surface area contributed by atoms with Gasteiger partial charge >= 0.3 is 0 Å². The van der Waals surface area contributed by atoms with Crippen molar-refractivity contribution < 1.29 is 24.2 Å². The number of aliphatic hydroxyl groups excluding tert-OH is 1. The summed E-state index contributed by atoms with van der Waals surface area (Å²) in [5.41, 5.74) is 1.40. The third-order valence-electron chi connectivity index (χ3n) is 6.23. The highest BCUT2D eigenvalue weighted by Gasteiger charge is 2.49. The Bertz CT molecular complexity index is 1000. The van der Waals surface area contributed by atoms with E-state index in [-0.39, 0.29) is 17.4 Å². The summed E-state index contributed by atoms with van der Waals surface area (Å²) in [4.78, 5) is 27.9. The van der Waals surface area contributed by atoms with Gasteiger partial charge in [-0.05, 0) is 61.2 Å². The summed E-state index contributed by atoms with van der Waals surface area (Å²) in [6.07, 6.45) is 4.70. The number of hydrogen-bond donors (Lipinski definition) is 1. The van der Waals surface area contributed by atoms with Gasteiger partial charge in [-0.25, -0.2) is 0 Å². The van der Waals surface area contributed by atoms with Crippen LogP contribution in [0.4, 0.5) is 0 Å². The lowest BCUT2D eigenvalue weighted by molar-refractivity contribution is -0.141. The predicted octanol–water partition coefficient (Wildman–Crippen LogP) is 4.85. The lowest BCUT2D eigenvalue weighted by Gasteiger charge is -2.30. The molecule has 0 aromatic heterocycles. The molecule has 1 saturated carbocycles. The van der Waals surface area contributed by atoms with Gasteiger partial charge in [0.2, 0.25) is 0 Å². The molecular weight excluding hydrogens is 406 g/mol. The van der Waals surface area contributed by atoms with E-state index in [4.69, 9.17) is 9.47 Å². The predicted molar refractivity (Wildman–Crippen MR) is 122 cm³/mol. The molecule has 6 heteroatoms. The number of aliphatic hydroxyl groups is 1.